The summed E-state index contributed by atoms with van der Waals surface area (Å²) in [6.45, 7) is 13.0. The van der Waals surface area contributed by atoms with Crippen molar-refractivity contribution in [3.05, 3.63) is 0 Å². The third-order valence-corrected chi connectivity index (χ3v) is 5.75. The maximum atomic E-state index is 12.6. The lowest BCUT2D eigenvalue weighted by atomic mass is 9.81. The third-order valence-electron chi connectivity index (χ3n) is 5.75. The van der Waals surface area contributed by atoms with Crippen LogP contribution in [0, 0.1) is 16.2 Å². The van der Waals surface area contributed by atoms with Crippen molar-refractivity contribution in [3.63, 3.8) is 0 Å². The first kappa shape index (κ1) is 13.9. The number of hydrogen-bond acceptors (Lipinski definition) is 2. The summed E-state index contributed by atoms with van der Waals surface area (Å²) in [5.74, 6) is 0.276. The zero-order chi connectivity index (χ0) is 13.6. The molecule has 0 bridgehead atoms. The van der Waals surface area contributed by atoms with Gasteiger partial charge in [0, 0.05) is 12.6 Å². The van der Waals surface area contributed by atoms with Crippen LogP contribution in [0.25, 0.3) is 0 Å². The summed E-state index contributed by atoms with van der Waals surface area (Å²) < 4.78 is 0. The van der Waals surface area contributed by atoms with Crippen molar-refractivity contribution in [2.75, 3.05) is 13.1 Å². The number of nitrogens with one attached hydrogen (secondary N) is 2. The van der Waals surface area contributed by atoms with Crippen molar-refractivity contribution in [2.24, 2.45) is 16.2 Å². The predicted molar refractivity (Wildman–Crippen MR) is 74.3 cm³/mol. The van der Waals surface area contributed by atoms with E-state index in [0.29, 0.717) is 6.04 Å². The highest BCUT2D eigenvalue weighted by Crippen LogP contribution is 2.62. The molecule has 0 spiro atoms. The molecule has 1 heterocycles. The molecule has 0 radical (unpaired) electrons. The average Bonchev–Trinajstić information content (AvgIpc) is 2.69. The first-order valence-electron chi connectivity index (χ1n) is 7.30. The lowest BCUT2D eigenvalue weighted by molar-refractivity contribution is -0.131. The molecule has 1 atom stereocenters. The van der Waals surface area contributed by atoms with Gasteiger partial charge in [0.05, 0.1) is 5.41 Å². The van der Waals surface area contributed by atoms with E-state index < -0.39 is 0 Å². The molecule has 1 saturated heterocycles. The molecule has 3 nitrogen and oxygen atoms in total. The maximum absolute atomic E-state index is 12.6. The van der Waals surface area contributed by atoms with Gasteiger partial charge < -0.3 is 10.6 Å². The molecule has 1 aliphatic heterocycles. The SMILES string of the molecule is CCCC1(C(=O)NC2C(C)(C)C2(C)C)CCNC1. The molecule has 1 unspecified atom stereocenters. The van der Waals surface area contributed by atoms with Crippen LogP contribution in [0.15, 0.2) is 0 Å². The van der Waals surface area contributed by atoms with Crippen LogP contribution in [-0.4, -0.2) is 25.0 Å². The second-order valence-corrected chi connectivity index (χ2v) is 7.31. The molecule has 18 heavy (non-hydrogen) atoms. The molecule has 0 aromatic carbocycles. The van der Waals surface area contributed by atoms with Crippen LogP contribution in [0.2, 0.25) is 0 Å². The van der Waals surface area contributed by atoms with Gasteiger partial charge in [-0.1, -0.05) is 41.0 Å². The molecule has 2 rings (SSSR count). The van der Waals surface area contributed by atoms with E-state index in [0.717, 1.165) is 32.4 Å². The normalized spacial score (nSPS) is 33.4. The molecule has 2 fully saturated rings. The van der Waals surface area contributed by atoms with E-state index in [9.17, 15) is 4.79 Å². The standard InChI is InChI=1S/C15H28N2O/c1-6-7-15(8-9-16-10-15)12(18)17-11-13(2,3)14(11,4)5/h11,16H,6-10H2,1-5H3,(H,17,18). The van der Waals surface area contributed by atoms with Gasteiger partial charge in [-0.3, -0.25) is 4.79 Å². The lowest BCUT2D eigenvalue weighted by Crippen LogP contribution is -2.44. The molecule has 104 valence electrons. The van der Waals surface area contributed by atoms with Crippen LogP contribution in [-0.2, 0) is 4.79 Å². The van der Waals surface area contributed by atoms with Gasteiger partial charge in [0.25, 0.3) is 0 Å². The van der Waals surface area contributed by atoms with Crippen molar-refractivity contribution in [1.29, 1.82) is 0 Å². The van der Waals surface area contributed by atoms with Gasteiger partial charge in [-0.05, 0) is 30.2 Å². The zero-order valence-corrected chi connectivity index (χ0v) is 12.5. The Labute approximate surface area is 111 Å². The number of amides is 1. The minimum Gasteiger partial charge on any atom is -0.352 e. The summed E-state index contributed by atoms with van der Waals surface area (Å²) in [5.41, 5.74) is 0.299. The van der Waals surface area contributed by atoms with Crippen molar-refractivity contribution in [2.45, 2.75) is 59.9 Å². The highest BCUT2D eigenvalue weighted by atomic mass is 16.2. The first-order chi connectivity index (χ1) is 8.28. The van der Waals surface area contributed by atoms with E-state index in [2.05, 4.69) is 45.3 Å². The Balaban J connectivity index is 2.04. The first-order valence-corrected chi connectivity index (χ1v) is 7.30. The van der Waals surface area contributed by atoms with Crippen LogP contribution in [0.1, 0.15) is 53.9 Å². The van der Waals surface area contributed by atoms with Gasteiger partial charge in [0.15, 0.2) is 0 Å². The second kappa shape index (κ2) is 4.22. The van der Waals surface area contributed by atoms with E-state index in [4.69, 9.17) is 0 Å². The maximum Gasteiger partial charge on any atom is 0.227 e. The molecule has 2 N–H and O–H groups in total. The molecule has 2 aliphatic rings. The van der Waals surface area contributed by atoms with Gasteiger partial charge in [-0.2, -0.15) is 0 Å². The highest BCUT2D eigenvalue weighted by molar-refractivity contribution is 5.84. The fraction of sp³-hybridized carbons (Fsp3) is 0.933. The third kappa shape index (κ3) is 1.87. The summed E-state index contributed by atoms with van der Waals surface area (Å²) in [6, 6.07) is 0.326. The van der Waals surface area contributed by atoms with Crippen LogP contribution in [0.5, 0.6) is 0 Å². The van der Waals surface area contributed by atoms with Crippen molar-refractivity contribution < 1.29 is 4.79 Å². The molecule has 0 aromatic rings. The van der Waals surface area contributed by atoms with E-state index in [1.54, 1.807) is 0 Å². The van der Waals surface area contributed by atoms with Crippen LogP contribution in [0.3, 0.4) is 0 Å². The van der Waals surface area contributed by atoms with Gasteiger partial charge >= 0.3 is 0 Å². The lowest BCUT2D eigenvalue weighted by Gasteiger charge is -2.27. The summed E-state index contributed by atoms with van der Waals surface area (Å²) in [7, 11) is 0. The minimum absolute atomic E-state index is 0.149. The van der Waals surface area contributed by atoms with Crippen molar-refractivity contribution in [1.82, 2.24) is 10.6 Å². The largest absolute Gasteiger partial charge is 0.352 e. The Kier molecular flexibility index (Phi) is 3.25. The zero-order valence-electron chi connectivity index (χ0n) is 12.5. The Morgan fingerprint density at radius 1 is 1.28 bits per heavy atom. The highest BCUT2D eigenvalue weighted by Gasteiger charge is 2.66. The average molecular weight is 252 g/mol. The Hall–Kier alpha value is -0.570. The summed E-state index contributed by atoms with van der Waals surface area (Å²) in [4.78, 5) is 12.6. The predicted octanol–water partition coefficient (Wildman–Crippen LogP) is 2.32. The molecule has 1 saturated carbocycles. The molecule has 1 amide bonds. The van der Waals surface area contributed by atoms with Crippen molar-refractivity contribution in [3.8, 4) is 0 Å². The van der Waals surface area contributed by atoms with Gasteiger partial charge in [0.2, 0.25) is 5.91 Å². The molecule has 0 aromatic heterocycles. The summed E-state index contributed by atoms with van der Waals surface area (Å²) in [5, 5.41) is 6.68. The van der Waals surface area contributed by atoms with Crippen LogP contribution in [0.4, 0.5) is 0 Å². The number of carbonyl (C=O) groups is 1. The summed E-state index contributed by atoms with van der Waals surface area (Å²) >= 11 is 0. The minimum atomic E-state index is -0.149. The Bertz CT molecular complexity index is 326. The van der Waals surface area contributed by atoms with Crippen molar-refractivity contribution >= 4 is 5.91 Å². The van der Waals surface area contributed by atoms with Gasteiger partial charge in [-0.25, -0.2) is 0 Å². The van der Waals surface area contributed by atoms with E-state index in [-0.39, 0.29) is 22.2 Å². The molecule has 3 heteroatoms. The van der Waals surface area contributed by atoms with Gasteiger partial charge in [-0.15, -0.1) is 0 Å². The van der Waals surface area contributed by atoms with E-state index in [1.807, 2.05) is 0 Å². The number of rotatable bonds is 4. The van der Waals surface area contributed by atoms with Crippen LogP contribution >= 0.6 is 0 Å². The van der Waals surface area contributed by atoms with E-state index in [1.165, 1.54) is 0 Å². The molecule has 1 aliphatic carbocycles. The number of hydrogen-bond donors (Lipinski definition) is 2. The number of carbonyl (C=O) groups excluding carboxylic acids is 1. The molecular formula is C15H28N2O. The van der Waals surface area contributed by atoms with Gasteiger partial charge in [0.1, 0.15) is 0 Å². The summed E-state index contributed by atoms with van der Waals surface area (Å²) in [6.07, 6.45) is 3.06. The van der Waals surface area contributed by atoms with E-state index >= 15 is 0 Å². The Morgan fingerprint density at radius 3 is 2.28 bits per heavy atom. The second-order valence-electron chi connectivity index (χ2n) is 7.31. The quantitative estimate of drug-likeness (QED) is 0.806. The fourth-order valence-corrected chi connectivity index (χ4v) is 3.58. The van der Waals surface area contributed by atoms with Crippen LogP contribution < -0.4 is 10.6 Å². The monoisotopic (exact) mass is 252 g/mol. The smallest absolute Gasteiger partial charge is 0.227 e. The topological polar surface area (TPSA) is 41.1 Å². The molecular weight excluding hydrogens is 224 g/mol. The fourth-order valence-electron chi connectivity index (χ4n) is 3.58. The Morgan fingerprint density at radius 2 is 1.89 bits per heavy atom.